The van der Waals surface area contributed by atoms with Gasteiger partial charge in [-0.05, 0) is 30.8 Å². The highest BCUT2D eigenvalue weighted by Crippen LogP contribution is 2.02. The van der Waals surface area contributed by atoms with Crippen molar-refractivity contribution in [3.63, 3.8) is 0 Å². The minimum absolute atomic E-state index is 0.660. The van der Waals surface area contributed by atoms with Gasteiger partial charge in [0.25, 0.3) is 0 Å². The molecule has 0 spiro atoms. The van der Waals surface area contributed by atoms with Crippen LogP contribution < -0.4 is 10.6 Å². The van der Waals surface area contributed by atoms with Crippen LogP contribution in [0.25, 0.3) is 0 Å². The average Bonchev–Trinajstić information content (AvgIpc) is 2.16. The highest BCUT2D eigenvalue weighted by atomic mass is 32.1. The molecule has 0 bridgehead atoms. The summed E-state index contributed by atoms with van der Waals surface area (Å²) in [5, 5.41) is 6.80. The van der Waals surface area contributed by atoms with Gasteiger partial charge < -0.3 is 10.6 Å². The van der Waals surface area contributed by atoms with E-state index in [-0.39, 0.29) is 0 Å². The molecule has 0 aliphatic carbocycles. The predicted molar refractivity (Wildman–Crippen MR) is 58.8 cm³/mol. The molecule has 0 aliphatic rings. The van der Waals surface area contributed by atoms with Crippen LogP contribution in [0.3, 0.4) is 0 Å². The minimum atomic E-state index is 0.660. The zero-order valence-electron chi connectivity index (χ0n) is 7.58. The summed E-state index contributed by atoms with van der Waals surface area (Å²) in [6, 6.07) is 3.75. The molecule has 1 heterocycles. The monoisotopic (exact) mass is 195 g/mol. The molecule has 3 nitrogen and oxygen atoms in total. The molecule has 0 fully saturated rings. The second kappa shape index (κ2) is 5.48. The molecule has 0 aliphatic heterocycles. The van der Waals surface area contributed by atoms with Crippen LogP contribution in [0.4, 0.5) is 5.69 Å². The largest absolute Gasteiger partial charge is 0.362 e. The van der Waals surface area contributed by atoms with Crippen molar-refractivity contribution in [3.8, 4) is 0 Å². The van der Waals surface area contributed by atoms with E-state index in [4.69, 9.17) is 12.2 Å². The standard InChI is InChI=1S/C9H13N3S/c1-2-5-11-9(13)12-8-3-6-10-7-4-8/h3-4,6-7H,2,5H2,1H3,(H2,10,11,12,13). The molecular formula is C9H13N3S. The smallest absolute Gasteiger partial charge is 0.170 e. The molecule has 1 aromatic heterocycles. The van der Waals surface area contributed by atoms with Gasteiger partial charge in [-0.3, -0.25) is 4.98 Å². The molecule has 0 atom stereocenters. The van der Waals surface area contributed by atoms with Gasteiger partial charge >= 0.3 is 0 Å². The van der Waals surface area contributed by atoms with E-state index >= 15 is 0 Å². The molecule has 0 radical (unpaired) electrons. The Bertz CT molecular complexity index is 261. The van der Waals surface area contributed by atoms with Crippen LogP contribution in [0.1, 0.15) is 13.3 Å². The third-order valence-electron chi connectivity index (χ3n) is 1.47. The summed E-state index contributed by atoms with van der Waals surface area (Å²) in [4.78, 5) is 3.91. The lowest BCUT2D eigenvalue weighted by atomic mass is 10.4. The summed E-state index contributed by atoms with van der Waals surface area (Å²) in [6.45, 7) is 3.00. The maximum Gasteiger partial charge on any atom is 0.170 e. The first-order valence-corrected chi connectivity index (χ1v) is 4.68. The number of hydrogen-bond acceptors (Lipinski definition) is 2. The first kappa shape index (κ1) is 9.92. The van der Waals surface area contributed by atoms with E-state index in [1.165, 1.54) is 0 Å². The maximum absolute atomic E-state index is 5.06. The van der Waals surface area contributed by atoms with Crippen LogP contribution in [0.2, 0.25) is 0 Å². The number of anilines is 1. The first-order chi connectivity index (χ1) is 6.33. The number of aromatic nitrogens is 1. The number of nitrogens with one attached hydrogen (secondary N) is 2. The lowest BCUT2D eigenvalue weighted by Gasteiger charge is -2.08. The summed E-state index contributed by atoms with van der Waals surface area (Å²) < 4.78 is 0. The zero-order valence-corrected chi connectivity index (χ0v) is 8.40. The van der Waals surface area contributed by atoms with Gasteiger partial charge in [0, 0.05) is 24.6 Å². The van der Waals surface area contributed by atoms with Gasteiger partial charge in [0.2, 0.25) is 0 Å². The Kier molecular flexibility index (Phi) is 4.18. The molecule has 0 amide bonds. The summed E-state index contributed by atoms with van der Waals surface area (Å²) >= 11 is 5.06. The van der Waals surface area contributed by atoms with Crippen molar-refractivity contribution < 1.29 is 0 Å². The molecular weight excluding hydrogens is 182 g/mol. The number of thiocarbonyl (C=S) groups is 1. The zero-order chi connectivity index (χ0) is 9.52. The average molecular weight is 195 g/mol. The van der Waals surface area contributed by atoms with Crippen molar-refractivity contribution in [1.82, 2.24) is 10.3 Å². The van der Waals surface area contributed by atoms with Crippen molar-refractivity contribution in [2.75, 3.05) is 11.9 Å². The third-order valence-corrected chi connectivity index (χ3v) is 1.72. The van der Waals surface area contributed by atoms with Gasteiger partial charge in [-0.15, -0.1) is 0 Å². The quantitative estimate of drug-likeness (QED) is 0.721. The van der Waals surface area contributed by atoms with E-state index in [1.54, 1.807) is 12.4 Å². The summed E-state index contributed by atoms with van der Waals surface area (Å²) in [5.41, 5.74) is 0.962. The Morgan fingerprint density at radius 1 is 1.46 bits per heavy atom. The van der Waals surface area contributed by atoms with Gasteiger partial charge in [-0.1, -0.05) is 6.92 Å². The van der Waals surface area contributed by atoms with E-state index < -0.39 is 0 Å². The van der Waals surface area contributed by atoms with E-state index in [2.05, 4.69) is 22.5 Å². The molecule has 0 aromatic carbocycles. The normalized spacial score (nSPS) is 9.31. The number of nitrogens with zero attached hydrogens (tertiary/aromatic N) is 1. The van der Waals surface area contributed by atoms with Gasteiger partial charge in [-0.25, -0.2) is 0 Å². The fourth-order valence-electron chi connectivity index (χ4n) is 0.849. The minimum Gasteiger partial charge on any atom is -0.362 e. The SMILES string of the molecule is CCCNC(=S)Nc1ccncc1. The third kappa shape index (κ3) is 3.85. The van der Waals surface area contributed by atoms with Crippen molar-refractivity contribution in [1.29, 1.82) is 0 Å². The van der Waals surface area contributed by atoms with Crippen LogP contribution in [-0.2, 0) is 0 Å². The van der Waals surface area contributed by atoms with Crippen LogP contribution >= 0.6 is 12.2 Å². The second-order valence-electron chi connectivity index (χ2n) is 2.62. The van der Waals surface area contributed by atoms with E-state index in [9.17, 15) is 0 Å². The van der Waals surface area contributed by atoms with Crippen LogP contribution in [0.5, 0.6) is 0 Å². The molecule has 70 valence electrons. The topological polar surface area (TPSA) is 37.0 Å². The lowest BCUT2D eigenvalue weighted by molar-refractivity contribution is 0.846. The van der Waals surface area contributed by atoms with Gasteiger partial charge in [0.1, 0.15) is 0 Å². The Morgan fingerprint density at radius 3 is 2.77 bits per heavy atom. The first-order valence-electron chi connectivity index (χ1n) is 4.28. The Morgan fingerprint density at radius 2 is 2.15 bits per heavy atom. The molecule has 1 rings (SSSR count). The van der Waals surface area contributed by atoms with Crippen molar-refractivity contribution in [2.45, 2.75) is 13.3 Å². The van der Waals surface area contributed by atoms with Gasteiger partial charge in [0.05, 0.1) is 0 Å². The lowest BCUT2D eigenvalue weighted by Crippen LogP contribution is -2.28. The summed E-state index contributed by atoms with van der Waals surface area (Å²) in [6.07, 6.45) is 4.52. The molecule has 1 aromatic rings. The van der Waals surface area contributed by atoms with Crippen molar-refractivity contribution >= 4 is 23.0 Å². The predicted octanol–water partition coefficient (Wildman–Crippen LogP) is 1.78. The van der Waals surface area contributed by atoms with Crippen molar-refractivity contribution in [2.24, 2.45) is 0 Å². The van der Waals surface area contributed by atoms with E-state index in [0.29, 0.717) is 5.11 Å². The second-order valence-corrected chi connectivity index (χ2v) is 3.03. The Hall–Kier alpha value is -1.16. The molecule has 0 saturated carbocycles. The summed E-state index contributed by atoms with van der Waals surface area (Å²) in [7, 11) is 0. The highest BCUT2D eigenvalue weighted by Gasteiger charge is 1.94. The van der Waals surface area contributed by atoms with E-state index in [0.717, 1.165) is 18.7 Å². The van der Waals surface area contributed by atoms with Crippen LogP contribution in [0, 0.1) is 0 Å². The van der Waals surface area contributed by atoms with Crippen LogP contribution in [0.15, 0.2) is 24.5 Å². The molecule has 4 heteroatoms. The molecule has 13 heavy (non-hydrogen) atoms. The fraction of sp³-hybridized carbons (Fsp3) is 0.333. The summed E-state index contributed by atoms with van der Waals surface area (Å²) in [5.74, 6) is 0. The van der Waals surface area contributed by atoms with Gasteiger partial charge in [-0.2, -0.15) is 0 Å². The van der Waals surface area contributed by atoms with E-state index in [1.807, 2.05) is 12.1 Å². The van der Waals surface area contributed by atoms with Crippen LogP contribution in [-0.4, -0.2) is 16.6 Å². The maximum atomic E-state index is 5.06. The molecule has 0 unspecified atom stereocenters. The number of rotatable bonds is 3. The van der Waals surface area contributed by atoms with Gasteiger partial charge in [0.15, 0.2) is 5.11 Å². The molecule has 0 saturated heterocycles. The molecule has 2 N–H and O–H groups in total. The fourth-order valence-corrected chi connectivity index (χ4v) is 1.07. The number of hydrogen-bond donors (Lipinski definition) is 2. The Labute approximate surface area is 83.6 Å². The highest BCUT2D eigenvalue weighted by molar-refractivity contribution is 7.80. The number of pyridine rings is 1. The van der Waals surface area contributed by atoms with Crippen molar-refractivity contribution in [3.05, 3.63) is 24.5 Å². The Balaban J connectivity index is 2.37.